The Labute approximate surface area is 99.2 Å². The molecular formula is C11H14ClFN2O. The Bertz CT molecular complexity index is 409. The molecule has 88 valence electrons. The lowest BCUT2D eigenvalue weighted by Gasteiger charge is -2.17. The molecule has 0 atom stereocenters. The molecule has 0 saturated carbocycles. The fourth-order valence-electron chi connectivity index (χ4n) is 1.33. The largest absolute Gasteiger partial charge is 0.341 e. The van der Waals surface area contributed by atoms with Crippen LogP contribution in [0.2, 0.25) is 5.02 Å². The number of nitrogens with one attached hydrogen (secondary N) is 1. The molecule has 0 aliphatic heterocycles. The monoisotopic (exact) mass is 244 g/mol. The first-order valence-electron chi connectivity index (χ1n) is 4.83. The molecule has 0 radical (unpaired) electrons. The van der Waals surface area contributed by atoms with Gasteiger partial charge in [-0.15, -0.1) is 0 Å². The minimum absolute atomic E-state index is 0.239. The van der Waals surface area contributed by atoms with E-state index in [1.165, 1.54) is 18.0 Å². The predicted octanol–water partition coefficient (Wildman–Crippen LogP) is 2.56. The highest BCUT2D eigenvalue weighted by molar-refractivity contribution is 6.31. The summed E-state index contributed by atoms with van der Waals surface area (Å²) in [4.78, 5) is 12.7. The van der Waals surface area contributed by atoms with Crippen molar-refractivity contribution >= 4 is 17.6 Å². The zero-order valence-corrected chi connectivity index (χ0v) is 10.2. The fourth-order valence-corrected chi connectivity index (χ4v) is 1.60. The number of carbonyl (C=O) groups excluding carboxylic acids is 1. The summed E-state index contributed by atoms with van der Waals surface area (Å²) in [7, 11) is 3.16. The second-order valence-electron chi connectivity index (χ2n) is 3.60. The fraction of sp³-hybridized carbons (Fsp3) is 0.364. The van der Waals surface area contributed by atoms with E-state index >= 15 is 0 Å². The molecule has 0 bridgehead atoms. The van der Waals surface area contributed by atoms with Gasteiger partial charge in [0.2, 0.25) is 0 Å². The van der Waals surface area contributed by atoms with E-state index in [-0.39, 0.29) is 18.4 Å². The Morgan fingerprint density at radius 1 is 1.56 bits per heavy atom. The Morgan fingerprint density at radius 3 is 2.75 bits per heavy atom. The van der Waals surface area contributed by atoms with Gasteiger partial charge in [0.05, 0.1) is 0 Å². The smallest absolute Gasteiger partial charge is 0.317 e. The molecule has 0 unspecified atom stereocenters. The van der Waals surface area contributed by atoms with E-state index in [0.717, 1.165) is 0 Å². The summed E-state index contributed by atoms with van der Waals surface area (Å²) in [5.74, 6) is -0.315. The van der Waals surface area contributed by atoms with Crippen LogP contribution in [0.15, 0.2) is 12.1 Å². The lowest BCUT2D eigenvalue weighted by Crippen LogP contribution is -2.34. The number of rotatable bonds is 2. The maximum absolute atomic E-state index is 13.3. The Balaban J connectivity index is 2.89. The number of nitrogens with zero attached hydrogens (tertiary/aromatic N) is 1. The molecule has 2 amide bonds. The zero-order valence-electron chi connectivity index (χ0n) is 9.47. The third kappa shape index (κ3) is 2.85. The minimum Gasteiger partial charge on any atom is -0.341 e. The topological polar surface area (TPSA) is 32.3 Å². The molecule has 1 N–H and O–H groups in total. The average molecular weight is 245 g/mol. The second kappa shape index (κ2) is 5.16. The third-order valence-corrected chi connectivity index (χ3v) is 2.65. The van der Waals surface area contributed by atoms with Crippen molar-refractivity contribution in [3.63, 3.8) is 0 Å². The highest BCUT2D eigenvalue weighted by Gasteiger charge is 2.11. The number of amides is 2. The van der Waals surface area contributed by atoms with Gasteiger partial charge < -0.3 is 10.2 Å². The highest BCUT2D eigenvalue weighted by atomic mass is 35.5. The summed E-state index contributed by atoms with van der Waals surface area (Å²) in [5, 5.41) is 2.95. The first-order valence-corrected chi connectivity index (χ1v) is 5.21. The van der Waals surface area contributed by atoms with Gasteiger partial charge in [-0.3, -0.25) is 0 Å². The molecule has 0 aliphatic carbocycles. The SMILES string of the molecule is CNC(=O)N(C)Cc1cc(F)c(C)cc1Cl. The van der Waals surface area contributed by atoms with E-state index in [1.807, 2.05) is 0 Å². The first-order chi connectivity index (χ1) is 7.45. The standard InChI is InChI=1S/C11H14ClFN2O/c1-7-4-9(12)8(5-10(7)13)6-15(3)11(16)14-2/h4-5H,6H2,1-3H3,(H,14,16). The molecule has 3 nitrogen and oxygen atoms in total. The van der Waals surface area contributed by atoms with Crippen LogP contribution in [0.4, 0.5) is 9.18 Å². The van der Waals surface area contributed by atoms with Crippen LogP contribution in [0.5, 0.6) is 0 Å². The van der Waals surface area contributed by atoms with Crippen LogP contribution in [0, 0.1) is 12.7 Å². The number of urea groups is 1. The lowest BCUT2D eigenvalue weighted by molar-refractivity contribution is 0.209. The van der Waals surface area contributed by atoms with E-state index in [2.05, 4.69) is 5.32 Å². The molecule has 0 saturated heterocycles. The summed E-state index contributed by atoms with van der Waals surface area (Å²) < 4.78 is 13.3. The summed E-state index contributed by atoms with van der Waals surface area (Å²) in [6.07, 6.45) is 0. The zero-order chi connectivity index (χ0) is 12.3. The highest BCUT2D eigenvalue weighted by Crippen LogP contribution is 2.21. The van der Waals surface area contributed by atoms with Crippen LogP contribution in [-0.4, -0.2) is 25.0 Å². The van der Waals surface area contributed by atoms with Crippen molar-refractivity contribution in [3.05, 3.63) is 34.1 Å². The van der Waals surface area contributed by atoms with Gasteiger partial charge in [0.15, 0.2) is 0 Å². The molecule has 1 rings (SSSR count). The molecule has 16 heavy (non-hydrogen) atoms. The first kappa shape index (κ1) is 12.8. The van der Waals surface area contributed by atoms with Crippen LogP contribution in [0.25, 0.3) is 0 Å². The summed E-state index contributed by atoms with van der Waals surface area (Å²) >= 11 is 5.97. The van der Waals surface area contributed by atoms with E-state index < -0.39 is 0 Å². The van der Waals surface area contributed by atoms with Crippen molar-refractivity contribution in [3.8, 4) is 0 Å². The molecule has 0 fully saturated rings. The predicted molar refractivity (Wildman–Crippen MR) is 62.1 cm³/mol. The average Bonchev–Trinajstić information content (AvgIpc) is 2.24. The number of hydrogen-bond acceptors (Lipinski definition) is 1. The van der Waals surface area contributed by atoms with Gasteiger partial charge >= 0.3 is 6.03 Å². The van der Waals surface area contributed by atoms with E-state index in [1.54, 1.807) is 20.0 Å². The molecule has 1 aromatic rings. The molecular weight excluding hydrogens is 231 g/mol. The van der Waals surface area contributed by atoms with Gasteiger partial charge in [-0.1, -0.05) is 11.6 Å². The van der Waals surface area contributed by atoms with Crippen LogP contribution in [0.1, 0.15) is 11.1 Å². The lowest BCUT2D eigenvalue weighted by atomic mass is 10.1. The summed E-state index contributed by atoms with van der Waals surface area (Å²) in [5.41, 5.74) is 1.09. The van der Waals surface area contributed by atoms with E-state index in [9.17, 15) is 9.18 Å². The Kier molecular flexibility index (Phi) is 4.12. The van der Waals surface area contributed by atoms with Crippen LogP contribution in [-0.2, 0) is 6.54 Å². The van der Waals surface area contributed by atoms with Gasteiger partial charge in [0, 0.05) is 25.7 Å². The Hall–Kier alpha value is -1.29. The van der Waals surface area contributed by atoms with Gasteiger partial charge in [0.1, 0.15) is 5.82 Å². The van der Waals surface area contributed by atoms with Crippen LogP contribution < -0.4 is 5.32 Å². The summed E-state index contributed by atoms with van der Waals surface area (Å²) in [6, 6.07) is 2.68. The maximum atomic E-state index is 13.3. The van der Waals surface area contributed by atoms with Crippen molar-refractivity contribution in [1.82, 2.24) is 10.2 Å². The molecule has 0 aliphatic rings. The van der Waals surface area contributed by atoms with Crippen molar-refractivity contribution in [2.24, 2.45) is 0 Å². The van der Waals surface area contributed by atoms with Crippen molar-refractivity contribution in [2.75, 3.05) is 14.1 Å². The number of hydrogen-bond donors (Lipinski definition) is 1. The molecule has 1 aromatic carbocycles. The Morgan fingerprint density at radius 2 is 2.19 bits per heavy atom. The molecule has 0 spiro atoms. The van der Waals surface area contributed by atoms with Gasteiger partial charge in [0.25, 0.3) is 0 Å². The van der Waals surface area contributed by atoms with Gasteiger partial charge in [-0.25, -0.2) is 9.18 Å². The number of benzene rings is 1. The van der Waals surface area contributed by atoms with Gasteiger partial charge in [-0.05, 0) is 30.2 Å². The molecule has 0 heterocycles. The molecule has 5 heteroatoms. The van der Waals surface area contributed by atoms with Crippen LogP contribution in [0.3, 0.4) is 0 Å². The second-order valence-corrected chi connectivity index (χ2v) is 4.01. The number of halogens is 2. The minimum atomic E-state index is -0.315. The van der Waals surface area contributed by atoms with E-state index in [0.29, 0.717) is 16.1 Å². The van der Waals surface area contributed by atoms with Crippen molar-refractivity contribution in [1.29, 1.82) is 0 Å². The number of aryl methyl sites for hydroxylation is 1. The van der Waals surface area contributed by atoms with Crippen LogP contribution >= 0.6 is 11.6 Å². The van der Waals surface area contributed by atoms with Gasteiger partial charge in [-0.2, -0.15) is 0 Å². The van der Waals surface area contributed by atoms with E-state index in [4.69, 9.17) is 11.6 Å². The normalized spacial score (nSPS) is 10.1. The summed E-state index contributed by atoms with van der Waals surface area (Å²) in [6.45, 7) is 1.92. The third-order valence-electron chi connectivity index (χ3n) is 2.30. The quantitative estimate of drug-likeness (QED) is 0.852. The van der Waals surface area contributed by atoms with Crippen molar-refractivity contribution in [2.45, 2.75) is 13.5 Å². The maximum Gasteiger partial charge on any atom is 0.317 e. The molecule has 0 aromatic heterocycles. The van der Waals surface area contributed by atoms with Crippen molar-refractivity contribution < 1.29 is 9.18 Å². The number of carbonyl (C=O) groups is 1.